The molecule has 2 heterocycles. The second-order valence-electron chi connectivity index (χ2n) is 10.4. The SMILES string of the molecule is Cc1nc2c(N)nc3ccccc3c2n1CCCOCCOCCCNS(=O)(=O)c1cccc2c(N(C)C)cccc12. The molecule has 0 amide bonds. The molecule has 0 aliphatic heterocycles. The first-order chi connectivity index (χ1) is 20.3. The highest BCUT2D eigenvalue weighted by atomic mass is 32.2. The third-order valence-corrected chi connectivity index (χ3v) is 8.75. The van der Waals surface area contributed by atoms with Crippen LogP contribution in [0.2, 0.25) is 0 Å². The minimum absolute atomic E-state index is 0.283. The smallest absolute Gasteiger partial charge is 0.241 e. The van der Waals surface area contributed by atoms with Gasteiger partial charge in [0.15, 0.2) is 5.82 Å². The number of hydrogen-bond donors (Lipinski definition) is 2. The van der Waals surface area contributed by atoms with E-state index in [2.05, 4.69) is 19.3 Å². The number of nitrogens with two attached hydrogens (primary N) is 1. The Hall–Kier alpha value is -3.77. The van der Waals surface area contributed by atoms with Crippen molar-refractivity contribution in [2.24, 2.45) is 0 Å². The van der Waals surface area contributed by atoms with Crippen LogP contribution >= 0.6 is 0 Å². The summed E-state index contributed by atoms with van der Waals surface area (Å²) >= 11 is 0. The fraction of sp³-hybridized carbons (Fsp3) is 0.355. The minimum Gasteiger partial charge on any atom is -0.382 e. The molecule has 5 rings (SSSR count). The first-order valence-corrected chi connectivity index (χ1v) is 15.6. The van der Waals surface area contributed by atoms with Crippen LogP contribution in [0.25, 0.3) is 32.7 Å². The molecule has 0 bridgehead atoms. The van der Waals surface area contributed by atoms with Crippen molar-refractivity contribution in [3.63, 3.8) is 0 Å². The van der Waals surface area contributed by atoms with Gasteiger partial charge in [-0.25, -0.2) is 23.1 Å². The molecule has 0 aliphatic carbocycles. The maximum atomic E-state index is 13.0. The lowest BCUT2D eigenvalue weighted by atomic mass is 10.1. The fourth-order valence-corrected chi connectivity index (χ4v) is 6.53. The molecule has 10 nitrogen and oxygen atoms in total. The molecule has 0 aliphatic rings. The predicted molar refractivity (Wildman–Crippen MR) is 169 cm³/mol. The summed E-state index contributed by atoms with van der Waals surface area (Å²) in [7, 11) is 0.235. The summed E-state index contributed by atoms with van der Waals surface area (Å²) in [5.41, 5.74) is 9.75. The van der Waals surface area contributed by atoms with Crippen molar-refractivity contribution < 1.29 is 17.9 Å². The number of aryl methyl sites for hydroxylation is 2. The van der Waals surface area contributed by atoms with Crippen LogP contribution in [0.1, 0.15) is 18.7 Å². The van der Waals surface area contributed by atoms with Gasteiger partial charge in [-0.2, -0.15) is 0 Å². The molecule has 0 radical (unpaired) electrons. The lowest BCUT2D eigenvalue weighted by molar-refractivity contribution is 0.0454. The summed E-state index contributed by atoms with van der Waals surface area (Å²) in [6, 6.07) is 19.0. The number of hydrogen-bond acceptors (Lipinski definition) is 8. The van der Waals surface area contributed by atoms with Crippen LogP contribution in [0, 0.1) is 6.92 Å². The number of benzene rings is 3. The molecule has 42 heavy (non-hydrogen) atoms. The van der Waals surface area contributed by atoms with Crippen molar-refractivity contribution in [3.05, 3.63) is 66.5 Å². The number of ether oxygens (including phenoxy) is 2. The maximum Gasteiger partial charge on any atom is 0.241 e. The largest absolute Gasteiger partial charge is 0.382 e. The average molecular weight is 591 g/mol. The van der Waals surface area contributed by atoms with Crippen LogP contribution in [0.3, 0.4) is 0 Å². The highest BCUT2D eigenvalue weighted by Gasteiger charge is 2.18. The lowest BCUT2D eigenvalue weighted by Gasteiger charge is -2.17. The topological polar surface area (TPSA) is 125 Å². The number of aromatic nitrogens is 3. The molecule has 0 unspecified atom stereocenters. The van der Waals surface area contributed by atoms with E-state index in [1.807, 2.05) is 74.4 Å². The fourth-order valence-electron chi connectivity index (χ4n) is 5.24. The Morgan fingerprint density at radius 2 is 1.55 bits per heavy atom. The number of rotatable bonds is 14. The van der Waals surface area contributed by atoms with Gasteiger partial charge in [-0.05, 0) is 38.0 Å². The summed E-state index contributed by atoms with van der Waals surface area (Å²) in [5, 5.41) is 2.64. The Kier molecular flexibility index (Phi) is 9.22. The number of imidazole rings is 1. The zero-order valence-electron chi connectivity index (χ0n) is 24.3. The van der Waals surface area contributed by atoms with Gasteiger partial charge >= 0.3 is 0 Å². The monoisotopic (exact) mass is 590 g/mol. The van der Waals surface area contributed by atoms with Crippen LogP contribution in [0.15, 0.2) is 65.6 Å². The van der Waals surface area contributed by atoms with Crippen molar-refractivity contribution in [2.75, 3.05) is 57.7 Å². The Morgan fingerprint density at radius 3 is 2.33 bits per heavy atom. The second-order valence-corrected chi connectivity index (χ2v) is 12.1. The second kappa shape index (κ2) is 13.0. The van der Waals surface area contributed by atoms with E-state index in [4.69, 9.17) is 15.2 Å². The molecule has 0 saturated heterocycles. The Morgan fingerprint density at radius 1 is 0.857 bits per heavy atom. The Bertz CT molecular complexity index is 1800. The number of sulfonamides is 1. The standard InChI is InChI=1S/C31H38N6O4S/c1-22-34-29-30(25-10-4-5-13-26(25)35-31(29)32)37(22)17-9-19-41-21-20-40-18-8-16-33-42(38,39)28-15-7-11-23-24(28)12-6-14-27(23)36(2)3/h4-7,10-15,33H,8-9,16-21H2,1-3H3,(H2,32,35). The predicted octanol–water partition coefficient (Wildman–Crippen LogP) is 4.49. The zero-order valence-corrected chi connectivity index (χ0v) is 25.2. The van der Waals surface area contributed by atoms with Crippen LogP contribution in [0.4, 0.5) is 11.5 Å². The van der Waals surface area contributed by atoms with E-state index < -0.39 is 10.0 Å². The molecule has 3 N–H and O–H groups in total. The number of nitrogens with one attached hydrogen (secondary N) is 1. The molecular formula is C31H38N6O4S. The zero-order chi connectivity index (χ0) is 29.7. The van der Waals surface area contributed by atoms with Gasteiger partial charge in [0.2, 0.25) is 10.0 Å². The summed E-state index contributed by atoms with van der Waals surface area (Å²) in [5.74, 6) is 1.34. The maximum absolute atomic E-state index is 13.0. The minimum atomic E-state index is -3.65. The van der Waals surface area contributed by atoms with Gasteiger partial charge in [-0.15, -0.1) is 0 Å². The van der Waals surface area contributed by atoms with E-state index in [1.165, 1.54) is 0 Å². The van der Waals surface area contributed by atoms with Crippen molar-refractivity contribution in [2.45, 2.75) is 31.2 Å². The molecule has 0 spiro atoms. The number of anilines is 2. The van der Waals surface area contributed by atoms with Gasteiger partial charge in [-0.1, -0.05) is 42.5 Å². The molecule has 11 heteroatoms. The van der Waals surface area contributed by atoms with Crippen LogP contribution in [-0.2, 0) is 26.0 Å². The quantitative estimate of drug-likeness (QED) is 0.181. The van der Waals surface area contributed by atoms with Gasteiger partial charge < -0.3 is 24.7 Å². The third kappa shape index (κ3) is 6.34. The number of nitrogen functional groups attached to an aromatic ring is 1. The van der Waals surface area contributed by atoms with Gasteiger partial charge in [0, 0.05) is 62.2 Å². The average Bonchev–Trinajstić information content (AvgIpc) is 3.31. The van der Waals surface area contributed by atoms with Crippen LogP contribution < -0.4 is 15.4 Å². The van der Waals surface area contributed by atoms with Crippen molar-refractivity contribution in [1.82, 2.24) is 19.3 Å². The van der Waals surface area contributed by atoms with E-state index in [0.29, 0.717) is 50.6 Å². The van der Waals surface area contributed by atoms with Crippen LogP contribution in [0.5, 0.6) is 0 Å². The first-order valence-electron chi connectivity index (χ1n) is 14.1. The molecule has 0 saturated carbocycles. The molecule has 0 fully saturated rings. The molecule has 3 aromatic carbocycles. The summed E-state index contributed by atoms with van der Waals surface area (Å²) in [4.78, 5) is 11.4. The highest BCUT2D eigenvalue weighted by Crippen LogP contribution is 2.30. The third-order valence-electron chi connectivity index (χ3n) is 7.23. The van der Waals surface area contributed by atoms with Gasteiger partial charge in [0.25, 0.3) is 0 Å². The molecule has 2 aromatic heterocycles. The van der Waals surface area contributed by atoms with E-state index in [-0.39, 0.29) is 4.90 Å². The Labute approximate surface area is 246 Å². The van der Waals surface area contributed by atoms with E-state index >= 15 is 0 Å². The number of para-hydroxylation sites is 1. The molecule has 222 valence electrons. The van der Waals surface area contributed by atoms with Crippen molar-refractivity contribution >= 4 is 54.2 Å². The number of nitrogens with zero attached hydrogens (tertiary/aromatic N) is 4. The highest BCUT2D eigenvalue weighted by molar-refractivity contribution is 7.89. The summed E-state index contributed by atoms with van der Waals surface area (Å²) in [6.45, 7) is 4.97. The van der Waals surface area contributed by atoms with Crippen LogP contribution in [-0.4, -0.2) is 70.0 Å². The molecular weight excluding hydrogens is 552 g/mol. The number of pyridine rings is 1. The lowest BCUT2D eigenvalue weighted by Crippen LogP contribution is -2.26. The van der Waals surface area contributed by atoms with E-state index in [1.54, 1.807) is 12.1 Å². The normalized spacial score (nSPS) is 12.1. The van der Waals surface area contributed by atoms with Gasteiger partial charge in [0.1, 0.15) is 11.3 Å². The van der Waals surface area contributed by atoms with Crippen molar-refractivity contribution in [3.8, 4) is 0 Å². The molecule has 0 atom stereocenters. The van der Waals surface area contributed by atoms with Gasteiger partial charge in [-0.3, -0.25) is 0 Å². The Balaban J connectivity index is 1.02. The van der Waals surface area contributed by atoms with Gasteiger partial charge in [0.05, 0.1) is 29.1 Å². The summed E-state index contributed by atoms with van der Waals surface area (Å²) < 4.78 is 42.4. The summed E-state index contributed by atoms with van der Waals surface area (Å²) in [6.07, 6.45) is 1.38. The van der Waals surface area contributed by atoms with E-state index in [0.717, 1.165) is 51.8 Å². The van der Waals surface area contributed by atoms with Crippen molar-refractivity contribution in [1.29, 1.82) is 0 Å². The van der Waals surface area contributed by atoms with E-state index in [9.17, 15) is 8.42 Å². The first kappa shape index (κ1) is 29.7. The molecule has 5 aromatic rings. The number of fused-ring (bicyclic) bond motifs is 4.